The first-order valence-corrected chi connectivity index (χ1v) is 5.35. The van der Waals surface area contributed by atoms with Gasteiger partial charge in [0.1, 0.15) is 11.7 Å². The first kappa shape index (κ1) is 10.7. The predicted molar refractivity (Wildman–Crippen MR) is 61.9 cm³/mol. The Labute approximate surface area is 95.3 Å². The van der Waals surface area contributed by atoms with Crippen LogP contribution in [0.15, 0.2) is 35.9 Å². The Morgan fingerprint density at radius 3 is 2.62 bits per heavy atom. The van der Waals surface area contributed by atoms with Crippen molar-refractivity contribution < 1.29 is 4.84 Å². The minimum atomic E-state index is -0.514. The minimum Gasteiger partial charge on any atom is -0.264 e. The third-order valence-corrected chi connectivity index (χ3v) is 3.01. The number of nitrogens with zero attached hydrogens (tertiary/aromatic N) is 1. The summed E-state index contributed by atoms with van der Waals surface area (Å²) < 4.78 is 0. The Kier molecular flexibility index (Phi) is 2.67. The smallest absolute Gasteiger partial charge is 0.130 e. The van der Waals surface area contributed by atoms with Gasteiger partial charge in [-0.05, 0) is 13.3 Å². The summed E-state index contributed by atoms with van der Waals surface area (Å²) in [5.74, 6) is 0. The van der Waals surface area contributed by atoms with E-state index in [1.54, 1.807) is 0 Å². The molecule has 3 nitrogen and oxygen atoms in total. The summed E-state index contributed by atoms with van der Waals surface area (Å²) in [5.41, 5.74) is 4.79. The standard InChI is InChI=1S/C13H14N2O/c1-3-13(2)11(9-14)12(15-16-13)10-7-5-4-6-8-10/h4-8,15H,3H2,1-2H3. The van der Waals surface area contributed by atoms with Crippen molar-refractivity contribution in [2.24, 2.45) is 0 Å². The molecule has 1 heterocycles. The molecule has 16 heavy (non-hydrogen) atoms. The molecule has 1 aromatic carbocycles. The van der Waals surface area contributed by atoms with E-state index >= 15 is 0 Å². The first-order valence-electron chi connectivity index (χ1n) is 5.35. The van der Waals surface area contributed by atoms with E-state index in [4.69, 9.17) is 4.84 Å². The maximum Gasteiger partial charge on any atom is 0.130 e. The maximum absolute atomic E-state index is 9.24. The second kappa shape index (κ2) is 3.99. The van der Waals surface area contributed by atoms with Crippen LogP contribution in [0.1, 0.15) is 25.8 Å². The number of nitrogens with one attached hydrogen (secondary N) is 1. The van der Waals surface area contributed by atoms with Gasteiger partial charge in [-0.2, -0.15) is 5.26 Å². The fraction of sp³-hybridized carbons (Fsp3) is 0.308. The van der Waals surface area contributed by atoms with Crippen LogP contribution in [0.25, 0.3) is 5.70 Å². The fourth-order valence-electron chi connectivity index (χ4n) is 1.76. The van der Waals surface area contributed by atoms with Crippen molar-refractivity contribution in [2.75, 3.05) is 0 Å². The van der Waals surface area contributed by atoms with E-state index in [0.717, 1.165) is 17.7 Å². The molecule has 0 fully saturated rings. The molecule has 0 spiro atoms. The molecule has 0 amide bonds. The second-order valence-corrected chi connectivity index (χ2v) is 4.02. The van der Waals surface area contributed by atoms with Crippen molar-refractivity contribution in [3.63, 3.8) is 0 Å². The Morgan fingerprint density at radius 1 is 1.38 bits per heavy atom. The van der Waals surface area contributed by atoms with Gasteiger partial charge in [-0.25, -0.2) is 0 Å². The van der Waals surface area contributed by atoms with Gasteiger partial charge in [0.15, 0.2) is 0 Å². The van der Waals surface area contributed by atoms with Crippen LogP contribution in [0.4, 0.5) is 0 Å². The third-order valence-electron chi connectivity index (χ3n) is 3.01. The van der Waals surface area contributed by atoms with Crippen LogP contribution in [0.3, 0.4) is 0 Å². The van der Waals surface area contributed by atoms with Crippen molar-refractivity contribution in [3.05, 3.63) is 41.5 Å². The molecule has 2 rings (SSSR count). The van der Waals surface area contributed by atoms with Gasteiger partial charge >= 0.3 is 0 Å². The summed E-state index contributed by atoms with van der Waals surface area (Å²) in [6.07, 6.45) is 0.763. The average Bonchev–Trinajstić information content (AvgIpc) is 2.68. The molecule has 0 bridgehead atoms. The van der Waals surface area contributed by atoms with Crippen LogP contribution in [-0.4, -0.2) is 5.60 Å². The van der Waals surface area contributed by atoms with E-state index in [-0.39, 0.29) is 0 Å². The second-order valence-electron chi connectivity index (χ2n) is 4.02. The molecule has 0 aromatic heterocycles. The lowest BCUT2D eigenvalue weighted by atomic mass is 9.91. The normalized spacial score (nSPS) is 24.1. The molecule has 1 aromatic rings. The molecule has 82 valence electrons. The number of benzene rings is 1. The summed E-state index contributed by atoms with van der Waals surface area (Å²) in [6.45, 7) is 3.93. The predicted octanol–water partition coefficient (Wildman–Crippen LogP) is 2.62. The van der Waals surface area contributed by atoms with E-state index in [0.29, 0.717) is 5.57 Å². The van der Waals surface area contributed by atoms with Gasteiger partial charge in [-0.15, -0.1) is 0 Å². The molecule has 0 saturated carbocycles. The van der Waals surface area contributed by atoms with Crippen LogP contribution in [0.5, 0.6) is 0 Å². The molecular formula is C13H14N2O. The Balaban J connectivity index is 2.50. The fourth-order valence-corrected chi connectivity index (χ4v) is 1.76. The van der Waals surface area contributed by atoms with Crippen LogP contribution >= 0.6 is 0 Å². The zero-order valence-corrected chi connectivity index (χ0v) is 9.45. The van der Waals surface area contributed by atoms with Crippen molar-refractivity contribution in [3.8, 4) is 6.07 Å². The lowest BCUT2D eigenvalue weighted by molar-refractivity contribution is -0.0272. The molecule has 0 aliphatic carbocycles. The molecule has 1 aliphatic rings. The van der Waals surface area contributed by atoms with E-state index in [2.05, 4.69) is 11.5 Å². The molecular weight excluding hydrogens is 200 g/mol. The van der Waals surface area contributed by atoms with Gasteiger partial charge in [0.2, 0.25) is 0 Å². The van der Waals surface area contributed by atoms with Crippen molar-refractivity contribution >= 4 is 5.70 Å². The largest absolute Gasteiger partial charge is 0.264 e. The van der Waals surface area contributed by atoms with Crippen LogP contribution in [0.2, 0.25) is 0 Å². The van der Waals surface area contributed by atoms with Crippen LogP contribution < -0.4 is 5.48 Å². The highest BCUT2D eigenvalue weighted by Crippen LogP contribution is 2.35. The van der Waals surface area contributed by atoms with E-state index in [1.807, 2.05) is 44.2 Å². The van der Waals surface area contributed by atoms with Gasteiger partial charge in [0, 0.05) is 5.56 Å². The van der Waals surface area contributed by atoms with Crippen LogP contribution in [0, 0.1) is 11.3 Å². The van der Waals surface area contributed by atoms with E-state index < -0.39 is 5.60 Å². The molecule has 1 N–H and O–H groups in total. The number of hydrogen-bond donors (Lipinski definition) is 1. The SMILES string of the molecule is CCC1(C)ONC(c2ccccc2)=C1C#N. The molecule has 0 radical (unpaired) electrons. The lowest BCUT2D eigenvalue weighted by Crippen LogP contribution is -2.27. The summed E-state index contributed by atoms with van der Waals surface area (Å²) in [6, 6.07) is 12.0. The Hall–Kier alpha value is -1.79. The summed E-state index contributed by atoms with van der Waals surface area (Å²) in [5, 5.41) is 9.24. The third kappa shape index (κ3) is 1.58. The monoisotopic (exact) mass is 214 g/mol. The molecule has 1 unspecified atom stereocenters. The zero-order valence-electron chi connectivity index (χ0n) is 9.45. The molecule has 3 heteroatoms. The summed E-state index contributed by atoms with van der Waals surface area (Å²) in [4.78, 5) is 5.51. The number of nitriles is 1. The Morgan fingerprint density at radius 2 is 2.06 bits per heavy atom. The van der Waals surface area contributed by atoms with Gasteiger partial charge < -0.3 is 0 Å². The van der Waals surface area contributed by atoms with Crippen molar-refractivity contribution in [1.82, 2.24) is 5.48 Å². The highest BCUT2D eigenvalue weighted by Gasteiger charge is 2.37. The number of hydrogen-bond acceptors (Lipinski definition) is 3. The quantitative estimate of drug-likeness (QED) is 0.823. The number of rotatable bonds is 2. The van der Waals surface area contributed by atoms with Gasteiger partial charge in [0.25, 0.3) is 0 Å². The van der Waals surface area contributed by atoms with Gasteiger partial charge in [0.05, 0.1) is 11.3 Å². The first-order chi connectivity index (χ1) is 7.71. The molecule has 1 aliphatic heterocycles. The summed E-state index contributed by atoms with van der Waals surface area (Å²) in [7, 11) is 0. The lowest BCUT2D eigenvalue weighted by Gasteiger charge is -2.19. The van der Waals surface area contributed by atoms with E-state index in [1.165, 1.54) is 0 Å². The van der Waals surface area contributed by atoms with Crippen LogP contribution in [-0.2, 0) is 4.84 Å². The maximum atomic E-state index is 9.24. The van der Waals surface area contributed by atoms with Crippen molar-refractivity contribution in [2.45, 2.75) is 25.9 Å². The highest BCUT2D eigenvalue weighted by atomic mass is 16.7. The van der Waals surface area contributed by atoms with Crippen molar-refractivity contribution in [1.29, 1.82) is 5.26 Å². The highest BCUT2D eigenvalue weighted by molar-refractivity contribution is 5.73. The minimum absolute atomic E-state index is 0.514. The van der Waals surface area contributed by atoms with Gasteiger partial charge in [-0.1, -0.05) is 37.3 Å². The number of hydroxylamine groups is 1. The van der Waals surface area contributed by atoms with E-state index in [9.17, 15) is 5.26 Å². The molecule has 1 atom stereocenters. The average molecular weight is 214 g/mol. The topological polar surface area (TPSA) is 45.0 Å². The molecule has 0 saturated heterocycles. The zero-order chi connectivity index (χ0) is 11.6. The Bertz CT molecular complexity index is 459. The van der Waals surface area contributed by atoms with Gasteiger partial charge in [-0.3, -0.25) is 10.3 Å². The summed E-state index contributed by atoms with van der Waals surface area (Å²) >= 11 is 0.